The van der Waals surface area contributed by atoms with E-state index in [0.29, 0.717) is 11.8 Å². The van der Waals surface area contributed by atoms with Crippen LogP contribution in [0.3, 0.4) is 0 Å². The van der Waals surface area contributed by atoms with Gasteiger partial charge in [-0.2, -0.15) is 0 Å². The molecule has 21 heavy (non-hydrogen) atoms. The Labute approximate surface area is 127 Å². The van der Waals surface area contributed by atoms with Crippen molar-refractivity contribution in [1.82, 2.24) is 14.8 Å². The number of nitrogens with one attached hydrogen (secondary N) is 1. The molecule has 1 unspecified atom stereocenters. The van der Waals surface area contributed by atoms with E-state index in [4.69, 9.17) is 9.84 Å². The molecule has 1 saturated heterocycles. The van der Waals surface area contributed by atoms with Crippen molar-refractivity contribution in [2.24, 2.45) is 0 Å². The van der Waals surface area contributed by atoms with E-state index in [2.05, 4.69) is 24.0 Å². The van der Waals surface area contributed by atoms with Crippen LogP contribution in [0.2, 0.25) is 0 Å². The summed E-state index contributed by atoms with van der Waals surface area (Å²) in [5.41, 5.74) is -0.482. The summed E-state index contributed by atoms with van der Waals surface area (Å²) in [5, 5.41) is 15.6. The van der Waals surface area contributed by atoms with Crippen molar-refractivity contribution in [2.45, 2.75) is 56.3 Å². The lowest BCUT2D eigenvalue weighted by molar-refractivity contribution is -0.133. The van der Waals surface area contributed by atoms with Gasteiger partial charge in [-0.05, 0) is 25.7 Å². The molecule has 7 nitrogen and oxygen atoms in total. The highest BCUT2D eigenvalue weighted by atomic mass is 32.2. The van der Waals surface area contributed by atoms with Crippen LogP contribution in [0.5, 0.6) is 0 Å². The molecule has 118 valence electrons. The molecule has 0 spiro atoms. The van der Waals surface area contributed by atoms with Crippen LogP contribution in [0.4, 0.5) is 0 Å². The average Bonchev–Trinajstić information content (AvgIpc) is 2.86. The second kappa shape index (κ2) is 6.65. The quantitative estimate of drug-likeness (QED) is 0.775. The molecule has 1 aromatic rings. The zero-order valence-corrected chi connectivity index (χ0v) is 13.1. The first-order chi connectivity index (χ1) is 10.0. The predicted molar refractivity (Wildman–Crippen MR) is 78.7 cm³/mol. The zero-order valence-electron chi connectivity index (χ0n) is 12.3. The van der Waals surface area contributed by atoms with Gasteiger partial charge in [0, 0.05) is 12.6 Å². The number of carboxylic acids is 1. The first-order valence-corrected chi connectivity index (χ1v) is 8.15. The Morgan fingerprint density at radius 1 is 1.57 bits per heavy atom. The summed E-state index contributed by atoms with van der Waals surface area (Å²) in [5.74, 6) is -1.04. The van der Waals surface area contributed by atoms with Gasteiger partial charge in [0.25, 0.3) is 0 Å². The largest absolute Gasteiger partial charge is 0.481 e. The number of aromatic nitrogens is 3. The summed E-state index contributed by atoms with van der Waals surface area (Å²) < 4.78 is 7.52. The van der Waals surface area contributed by atoms with Crippen LogP contribution < -0.4 is 5.69 Å². The Morgan fingerprint density at radius 2 is 2.29 bits per heavy atom. The number of thioether (sulfide) groups is 1. The van der Waals surface area contributed by atoms with Gasteiger partial charge in [0.15, 0.2) is 5.16 Å². The van der Waals surface area contributed by atoms with Crippen LogP contribution in [-0.4, -0.2) is 43.8 Å². The Balaban J connectivity index is 2.22. The normalized spacial score (nSPS) is 21.3. The third-order valence-electron chi connectivity index (χ3n) is 4.12. The molecule has 1 aliphatic heterocycles. The minimum absolute atomic E-state index is 0.00111. The van der Waals surface area contributed by atoms with Crippen molar-refractivity contribution in [3.63, 3.8) is 0 Å². The minimum Gasteiger partial charge on any atom is -0.481 e. The summed E-state index contributed by atoms with van der Waals surface area (Å²) >= 11 is 1.07. The van der Waals surface area contributed by atoms with Crippen molar-refractivity contribution in [2.75, 3.05) is 12.4 Å². The molecule has 0 aromatic carbocycles. The van der Waals surface area contributed by atoms with Gasteiger partial charge in [0.1, 0.15) is 0 Å². The van der Waals surface area contributed by atoms with E-state index in [9.17, 15) is 9.59 Å². The maximum atomic E-state index is 12.0. The monoisotopic (exact) mass is 315 g/mol. The fraction of sp³-hybridized carbons (Fsp3) is 0.769. The Morgan fingerprint density at radius 3 is 2.90 bits per heavy atom. The van der Waals surface area contributed by atoms with Crippen molar-refractivity contribution in [3.05, 3.63) is 10.5 Å². The molecular weight excluding hydrogens is 294 g/mol. The Kier molecular flexibility index (Phi) is 5.10. The molecule has 2 rings (SSSR count). The van der Waals surface area contributed by atoms with Gasteiger partial charge in [-0.25, -0.2) is 9.89 Å². The van der Waals surface area contributed by atoms with E-state index in [1.54, 1.807) is 4.57 Å². The van der Waals surface area contributed by atoms with E-state index in [1.165, 1.54) is 0 Å². The fourth-order valence-electron chi connectivity index (χ4n) is 2.81. The maximum absolute atomic E-state index is 12.0. The van der Waals surface area contributed by atoms with Gasteiger partial charge in [-0.3, -0.25) is 9.36 Å². The average molecular weight is 315 g/mol. The molecule has 1 atom stereocenters. The first kappa shape index (κ1) is 16.1. The summed E-state index contributed by atoms with van der Waals surface area (Å²) in [6.07, 6.45) is 3.27. The van der Waals surface area contributed by atoms with Crippen molar-refractivity contribution < 1.29 is 14.6 Å². The lowest BCUT2D eigenvalue weighted by Crippen LogP contribution is -2.41. The van der Waals surface area contributed by atoms with Crippen LogP contribution in [-0.2, 0) is 9.53 Å². The molecule has 2 heterocycles. The highest BCUT2D eigenvalue weighted by Gasteiger charge is 2.36. The standard InChI is InChI=1S/C13H21N3O4S/c1-3-13(4-2)7-9(5-6-20-13)16-11(19)14-15-12(16)21-8-10(17)18/h9H,3-8H2,1-2H3,(H,14,19)(H,17,18). The fourth-order valence-corrected chi connectivity index (χ4v) is 3.54. The highest BCUT2D eigenvalue weighted by Crippen LogP contribution is 2.37. The Bertz CT molecular complexity index is 550. The number of aromatic amines is 1. The summed E-state index contributed by atoms with van der Waals surface area (Å²) in [7, 11) is 0. The number of hydrogen-bond donors (Lipinski definition) is 2. The minimum atomic E-state index is -0.926. The molecule has 1 fully saturated rings. The molecular formula is C13H21N3O4S. The molecule has 0 amide bonds. The van der Waals surface area contributed by atoms with E-state index < -0.39 is 5.97 Å². The zero-order chi connectivity index (χ0) is 15.5. The molecule has 0 bridgehead atoms. The molecule has 8 heteroatoms. The number of ether oxygens (including phenoxy) is 1. The second-order valence-electron chi connectivity index (χ2n) is 5.25. The summed E-state index contributed by atoms with van der Waals surface area (Å²) in [4.78, 5) is 22.7. The molecule has 0 radical (unpaired) electrons. The number of H-pyrrole nitrogens is 1. The van der Waals surface area contributed by atoms with Crippen molar-refractivity contribution in [1.29, 1.82) is 0 Å². The number of hydrogen-bond acceptors (Lipinski definition) is 5. The predicted octanol–water partition coefficient (Wildman–Crippen LogP) is 1.66. The van der Waals surface area contributed by atoms with Gasteiger partial charge in [-0.15, -0.1) is 5.10 Å². The number of carboxylic acid groups (broad SMARTS) is 1. The number of carbonyl (C=O) groups is 1. The summed E-state index contributed by atoms with van der Waals surface area (Å²) in [6.45, 7) is 4.78. The molecule has 1 aromatic heterocycles. The van der Waals surface area contributed by atoms with Gasteiger partial charge in [0.2, 0.25) is 0 Å². The smallest absolute Gasteiger partial charge is 0.344 e. The SMILES string of the molecule is CCC1(CC)CC(n2c(SCC(=O)O)n[nH]c2=O)CCO1. The first-order valence-electron chi connectivity index (χ1n) is 7.17. The summed E-state index contributed by atoms with van der Waals surface area (Å²) in [6, 6.07) is 0.00111. The van der Waals surface area contributed by atoms with E-state index >= 15 is 0 Å². The molecule has 2 N–H and O–H groups in total. The second-order valence-corrected chi connectivity index (χ2v) is 6.19. The van der Waals surface area contributed by atoms with Crippen molar-refractivity contribution in [3.8, 4) is 0 Å². The molecule has 1 aliphatic rings. The van der Waals surface area contributed by atoms with Crippen LogP contribution >= 0.6 is 11.8 Å². The lowest BCUT2D eigenvalue weighted by atomic mass is 9.86. The number of rotatable bonds is 6. The van der Waals surface area contributed by atoms with Crippen LogP contribution in [0.1, 0.15) is 45.6 Å². The third-order valence-corrected chi connectivity index (χ3v) is 5.06. The van der Waals surface area contributed by atoms with Gasteiger partial charge < -0.3 is 9.84 Å². The number of nitrogens with zero attached hydrogens (tertiary/aromatic N) is 2. The van der Waals surface area contributed by atoms with E-state index in [-0.39, 0.29) is 23.1 Å². The van der Waals surface area contributed by atoms with Crippen LogP contribution in [0, 0.1) is 0 Å². The molecule has 0 aliphatic carbocycles. The number of aliphatic carboxylic acids is 1. The highest BCUT2D eigenvalue weighted by molar-refractivity contribution is 7.99. The van der Waals surface area contributed by atoms with Gasteiger partial charge >= 0.3 is 11.7 Å². The third kappa shape index (κ3) is 3.49. The van der Waals surface area contributed by atoms with Crippen molar-refractivity contribution >= 4 is 17.7 Å². The molecule has 0 saturated carbocycles. The van der Waals surface area contributed by atoms with Gasteiger partial charge in [0.05, 0.1) is 11.4 Å². The van der Waals surface area contributed by atoms with E-state index in [1.807, 2.05) is 0 Å². The maximum Gasteiger partial charge on any atom is 0.344 e. The topological polar surface area (TPSA) is 97.2 Å². The lowest BCUT2D eigenvalue weighted by Gasteiger charge is -2.40. The van der Waals surface area contributed by atoms with Gasteiger partial charge in [-0.1, -0.05) is 25.6 Å². The van der Waals surface area contributed by atoms with Crippen LogP contribution in [0.25, 0.3) is 0 Å². The van der Waals surface area contributed by atoms with E-state index in [0.717, 1.165) is 37.4 Å². The van der Waals surface area contributed by atoms with Crippen LogP contribution in [0.15, 0.2) is 9.95 Å². The Hall–Kier alpha value is -1.28.